The molecule has 0 amide bonds. The van der Waals surface area contributed by atoms with E-state index in [0.29, 0.717) is 5.92 Å². The van der Waals surface area contributed by atoms with E-state index in [1.54, 1.807) is 0 Å². The summed E-state index contributed by atoms with van der Waals surface area (Å²) >= 11 is 0. The van der Waals surface area contributed by atoms with Gasteiger partial charge in [0, 0.05) is 6.42 Å². The van der Waals surface area contributed by atoms with E-state index >= 15 is 0 Å². The Kier molecular flexibility index (Phi) is 3.34. The van der Waals surface area contributed by atoms with E-state index in [9.17, 15) is 0 Å². The van der Waals surface area contributed by atoms with Crippen LogP contribution in [-0.2, 0) is 6.42 Å². The van der Waals surface area contributed by atoms with Gasteiger partial charge in [0.2, 0.25) is 5.89 Å². The van der Waals surface area contributed by atoms with Crippen LogP contribution in [0.15, 0.2) is 28.8 Å². The van der Waals surface area contributed by atoms with Crippen molar-refractivity contribution in [1.82, 2.24) is 15.5 Å². The van der Waals surface area contributed by atoms with Crippen LogP contribution in [0, 0.1) is 12.8 Å². The predicted molar refractivity (Wildman–Crippen MR) is 72.8 cm³/mol. The third-order valence-corrected chi connectivity index (χ3v) is 3.77. The summed E-state index contributed by atoms with van der Waals surface area (Å²) < 4.78 is 5.39. The summed E-state index contributed by atoms with van der Waals surface area (Å²) in [7, 11) is 0. The molecule has 3 rings (SSSR count). The molecule has 100 valence electrons. The highest BCUT2D eigenvalue weighted by molar-refractivity contribution is 5.23. The van der Waals surface area contributed by atoms with Crippen molar-refractivity contribution in [3.8, 4) is 0 Å². The second-order valence-electron chi connectivity index (χ2n) is 5.41. The molecule has 1 aliphatic rings. The van der Waals surface area contributed by atoms with Crippen molar-refractivity contribution in [3.63, 3.8) is 0 Å². The zero-order valence-corrected chi connectivity index (χ0v) is 11.4. The summed E-state index contributed by atoms with van der Waals surface area (Å²) in [5.74, 6) is 2.06. The van der Waals surface area contributed by atoms with Gasteiger partial charge < -0.3 is 9.84 Å². The number of nitrogens with one attached hydrogen (secondary N) is 1. The highest BCUT2D eigenvalue weighted by Crippen LogP contribution is 2.27. The van der Waals surface area contributed by atoms with Crippen molar-refractivity contribution in [1.29, 1.82) is 0 Å². The zero-order valence-electron chi connectivity index (χ0n) is 11.4. The highest BCUT2D eigenvalue weighted by atomic mass is 16.5. The summed E-state index contributed by atoms with van der Waals surface area (Å²) in [6, 6.07) is 8.66. The minimum atomic E-state index is 0.222. The third-order valence-electron chi connectivity index (χ3n) is 3.77. The predicted octanol–water partition coefficient (Wildman–Crippen LogP) is 2.64. The molecule has 0 bridgehead atoms. The van der Waals surface area contributed by atoms with Crippen LogP contribution >= 0.6 is 0 Å². The Morgan fingerprint density at radius 3 is 2.79 bits per heavy atom. The first kappa shape index (κ1) is 12.4. The molecule has 2 unspecified atom stereocenters. The third kappa shape index (κ3) is 2.68. The molecule has 1 fully saturated rings. The summed E-state index contributed by atoms with van der Waals surface area (Å²) in [4.78, 5) is 4.52. The first-order valence-corrected chi connectivity index (χ1v) is 6.84. The molecule has 1 N–H and O–H groups in total. The van der Waals surface area contributed by atoms with Gasteiger partial charge in [-0.05, 0) is 31.4 Å². The standard InChI is InChI=1S/C15H19N3O/c1-10-3-5-12(6-4-10)9-13-17-15(19-18-13)14-11(2)7-8-16-14/h3-6,11,14,16H,7-9H2,1-2H3. The van der Waals surface area contributed by atoms with Crippen LogP contribution in [0.3, 0.4) is 0 Å². The van der Waals surface area contributed by atoms with Crippen molar-refractivity contribution in [3.05, 3.63) is 47.1 Å². The van der Waals surface area contributed by atoms with Gasteiger partial charge in [-0.3, -0.25) is 0 Å². The van der Waals surface area contributed by atoms with Crippen molar-refractivity contribution < 1.29 is 4.52 Å². The first-order chi connectivity index (χ1) is 9.22. The van der Waals surface area contributed by atoms with Gasteiger partial charge in [0.15, 0.2) is 5.82 Å². The Morgan fingerprint density at radius 1 is 1.32 bits per heavy atom. The number of rotatable bonds is 3. The lowest BCUT2D eigenvalue weighted by molar-refractivity contribution is 0.317. The van der Waals surface area contributed by atoms with Gasteiger partial charge in [-0.1, -0.05) is 41.9 Å². The molecule has 1 saturated heterocycles. The minimum Gasteiger partial charge on any atom is -0.338 e. The van der Waals surface area contributed by atoms with Crippen LogP contribution in [-0.4, -0.2) is 16.7 Å². The molecule has 0 aliphatic carbocycles. The maximum atomic E-state index is 5.39. The number of hydrogen-bond acceptors (Lipinski definition) is 4. The van der Waals surface area contributed by atoms with E-state index in [0.717, 1.165) is 24.7 Å². The zero-order chi connectivity index (χ0) is 13.2. The van der Waals surface area contributed by atoms with Gasteiger partial charge in [-0.15, -0.1) is 0 Å². The first-order valence-electron chi connectivity index (χ1n) is 6.84. The molecule has 1 aromatic carbocycles. The number of aryl methyl sites for hydroxylation is 1. The molecule has 0 spiro atoms. The fourth-order valence-electron chi connectivity index (χ4n) is 2.52. The SMILES string of the molecule is Cc1ccc(Cc2noc(C3NCCC3C)n2)cc1. The molecule has 19 heavy (non-hydrogen) atoms. The Bertz CT molecular complexity index is 547. The van der Waals surface area contributed by atoms with Gasteiger partial charge in [0.25, 0.3) is 0 Å². The lowest BCUT2D eigenvalue weighted by atomic mass is 10.0. The maximum absolute atomic E-state index is 5.39. The quantitative estimate of drug-likeness (QED) is 0.918. The lowest BCUT2D eigenvalue weighted by Crippen LogP contribution is -2.16. The van der Waals surface area contributed by atoms with Crippen molar-refractivity contribution in [2.75, 3.05) is 6.54 Å². The van der Waals surface area contributed by atoms with Crippen LogP contribution in [0.1, 0.15) is 42.2 Å². The molecule has 1 aliphatic heterocycles. The molecular weight excluding hydrogens is 238 g/mol. The highest BCUT2D eigenvalue weighted by Gasteiger charge is 2.29. The van der Waals surface area contributed by atoms with Crippen molar-refractivity contribution in [2.24, 2.45) is 5.92 Å². The van der Waals surface area contributed by atoms with Gasteiger partial charge in [0.05, 0.1) is 6.04 Å². The van der Waals surface area contributed by atoms with Gasteiger partial charge in [0.1, 0.15) is 0 Å². The van der Waals surface area contributed by atoms with Crippen LogP contribution in [0.5, 0.6) is 0 Å². The van der Waals surface area contributed by atoms with E-state index in [1.807, 2.05) is 0 Å². The Balaban J connectivity index is 1.72. The van der Waals surface area contributed by atoms with Gasteiger partial charge >= 0.3 is 0 Å². The molecule has 0 saturated carbocycles. The summed E-state index contributed by atoms with van der Waals surface area (Å²) in [5.41, 5.74) is 2.48. The van der Waals surface area contributed by atoms with Crippen LogP contribution in [0.25, 0.3) is 0 Å². The molecule has 4 heteroatoms. The fourth-order valence-corrected chi connectivity index (χ4v) is 2.52. The molecule has 2 aromatic rings. The number of aromatic nitrogens is 2. The molecule has 1 aromatic heterocycles. The molecule has 4 nitrogen and oxygen atoms in total. The summed E-state index contributed by atoms with van der Waals surface area (Å²) in [5, 5.41) is 7.50. The molecule has 0 radical (unpaired) electrons. The second kappa shape index (κ2) is 5.13. The maximum Gasteiger partial charge on any atom is 0.244 e. The van der Waals surface area contributed by atoms with E-state index in [1.165, 1.54) is 17.5 Å². The Morgan fingerprint density at radius 2 is 2.11 bits per heavy atom. The monoisotopic (exact) mass is 257 g/mol. The van der Waals surface area contributed by atoms with E-state index in [2.05, 4.69) is 53.6 Å². The summed E-state index contributed by atoms with van der Waals surface area (Å²) in [6.45, 7) is 5.33. The number of nitrogens with zero attached hydrogens (tertiary/aromatic N) is 2. The Labute approximate surface area is 113 Å². The van der Waals surface area contributed by atoms with Gasteiger partial charge in [-0.2, -0.15) is 4.98 Å². The van der Waals surface area contributed by atoms with E-state index < -0.39 is 0 Å². The fraction of sp³-hybridized carbons (Fsp3) is 0.467. The van der Waals surface area contributed by atoms with Crippen LogP contribution < -0.4 is 5.32 Å². The Hall–Kier alpha value is -1.68. The van der Waals surface area contributed by atoms with Crippen LogP contribution in [0.2, 0.25) is 0 Å². The summed E-state index contributed by atoms with van der Waals surface area (Å²) in [6.07, 6.45) is 1.89. The molecule has 2 atom stereocenters. The van der Waals surface area contributed by atoms with Crippen molar-refractivity contribution >= 4 is 0 Å². The molecular formula is C15H19N3O. The van der Waals surface area contributed by atoms with E-state index in [4.69, 9.17) is 4.52 Å². The topological polar surface area (TPSA) is 51.0 Å². The van der Waals surface area contributed by atoms with Crippen LogP contribution in [0.4, 0.5) is 0 Å². The number of hydrogen-bond donors (Lipinski definition) is 1. The normalized spacial score (nSPS) is 22.8. The average molecular weight is 257 g/mol. The van der Waals surface area contributed by atoms with Crippen molar-refractivity contribution in [2.45, 2.75) is 32.7 Å². The number of benzene rings is 1. The second-order valence-corrected chi connectivity index (χ2v) is 5.41. The minimum absolute atomic E-state index is 0.222. The molecule has 2 heterocycles. The average Bonchev–Trinajstić information content (AvgIpc) is 3.01. The smallest absolute Gasteiger partial charge is 0.244 e. The largest absolute Gasteiger partial charge is 0.338 e. The van der Waals surface area contributed by atoms with E-state index in [-0.39, 0.29) is 6.04 Å². The van der Waals surface area contributed by atoms with Gasteiger partial charge in [-0.25, -0.2) is 0 Å². The lowest BCUT2D eigenvalue weighted by Gasteiger charge is -2.09.